The molecule has 0 fully saturated rings. The molecule has 30 heavy (non-hydrogen) atoms. The topological polar surface area (TPSA) is 81.9 Å². The van der Waals surface area contributed by atoms with Crippen LogP contribution in [0.5, 0.6) is 17.2 Å². The normalized spacial score (nSPS) is 10.3. The average Bonchev–Trinajstić information content (AvgIpc) is 2.75. The van der Waals surface area contributed by atoms with Crippen molar-refractivity contribution in [2.24, 2.45) is 5.73 Å². The summed E-state index contributed by atoms with van der Waals surface area (Å²) in [5.74, 6) is 1.35. The van der Waals surface area contributed by atoms with Crippen LogP contribution >= 0.6 is 0 Å². The molecular weight excluding hydrogens is 380 g/mol. The molecule has 2 N–H and O–H groups in total. The fourth-order valence-corrected chi connectivity index (χ4v) is 2.97. The van der Waals surface area contributed by atoms with E-state index in [1.165, 1.54) is 0 Å². The molecule has 6 nitrogen and oxygen atoms in total. The highest BCUT2D eigenvalue weighted by molar-refractivity contribution is 5.94. The quantitative estimate of drug-likeness (QED) is 0.609. The Morgan fingerprint density at radius 1 is 0.867 bits per heavy atom. The van der Waals surface area contributed by atoms with Crippen LogP contribution in [0, 0.1) is 0 Å². The van der Waals surface area contributed by atoms with Crippen LogP contribution in [-0.2, 0) is 6.54 Å². The lowest BCUT2D eigenvalue weighted by Gasteiger charge is -2.19. The fourth-order valence-electron chi connectivity index (χ4n) is 2.97. The van der Waals surface area contributed by atoms with Crippen LogP contribution in [0.1, 0.15) is 33.2 Å². The molecule has 0 atom stereocenters. The van der Waals surface area contributed by atoms with Crippen molar-refractivity contribution < 1.29 is 19.1 Å². The number of amides is 2. The van der Waals surface area contributed by atoms with Gasteiger partial charge in [0.15, 0.2) is 0 Å². The highest BCUT2D eigenvalue weighted by Crippen LogP contribution is 2.23. The molecule has 3 aromatic rings. The third-order valence-electron chi connectivity index (χ3n) is 4.50. The number of carbonyl (C=O) groups is 2. The minimum absolute atomic E-state index is 0.0985. The van der Waals surface area contributed by atoms with Crippen molar-refractivity contribution in [2.45, 2.75) is 13.5 Å². The van der Waals surface area contributed by atoms with E-state index in [2.05, 4.69) is 0 Å². The van der Waals surface area contributed by atoms with E-state index in [0.717, 1.165) is 11.3 Å². The average molecular weight is 404 g/mol. The maximum atomic E-state index is 12.8. The Kier molecular flexibility index (Phi) is 6.70. The Labute approximate surface area is 175 Å². The first-order valence-corrected chi connectivity index (χ1v) is 9.62. The van der Waals surface area contributed by atoms with Gasteiger partial charge in [0.2, 0.25) is 5.91 Å². The Morgan fingerprint density at radius 3 is 2.00 bits per heavy atom. The molecule has 6 heteroatoms. The molecule has 0 bridgehead atoms. The van der Waals surface area contributed by atoms with E-state index < -0.39 is 5.91 Å². The molecule has 0 aliphatic heterocycles. The molecule has 0 unspecified atom stereocenters. The van der Waals surface area contributed by atoms with Crippen LogP contribution in [0.3, 0.4) is 0 Å². The maximum absolute atomic E-state index is 12.8. The minimum Gasteiger partial charge on any atom is -0.494 e. The summed E-state index contributed by atoms with van der Waals surface area (Å²) in [5.41, 5.74) is 7.16. The second-order valence-electron chi connectivity index (χ2n) is 6.72. The van der Waals surface area contributed by atoms with Gasteiger partial charge in [0, 0.05) is 30.3 Å². The minimum atomic E-state index is -0.489. The summed E-state index contributed by atoms with van der Waals surface area (Å²) < 4.78 is 11.4. The second kappa shape index (κ2) is 9.60. The number of nitrogens with two attached hydrogens (primary N) is 1. The predicted molar refractivity (Wildman–Crippen MR) is 115 cm³/mol. The lowest BCUT2D eigenvalue weighted by molar-refractivity contribution is 0.0783. The van der Waals surface area contributed by atoms with Crippen LogP contribution in [0.25, 0.3) is 0 Å². The zero-order valence-electron chi connectivity index (χ0n) is 17.0. The molecular formula is C24H24N2O4. The Hall–Kier alpha value is -3.80. The molecule has 3 rings (SSSR count). The van der Waals surface area contributed by atoms with Gasteiger partial charge in [0.05, 0.1) is 6.61 Å². The summed E-state index contributed by atoms with van der Waals surface area (Å²) in [6, 6.07) is 21.2. The van der Waals surface area contributed by atoms with Crippen LogP contribution in [0.2, 0.25) is 0 Å². The van der Waals surface area contributed by atoms with Crippen LogP contribution in [-0.4, -0.2) is 30.4 Å². The number of ether oxygens (including phenoxy) is 2. The Balaban J connectivity index is 1.65. The molecule has 0 saturated heterocycles. The summed E-state index contributed by atoms with van der Waals surface area (Å²) in [6.07, 6.45) is 0. The van der Waals surface area contributed by atoms with E-state index in [4.69, 9.17) is 15.2 Å². The van der Waals surface area contributed by atoms with Crippen molar-refractivity contribution >= 4 is 11.8 Å². The van der Waals surface area contributed by atoms with Gasteiger partial charge in [-0.25, -0.2) is 0 Å². The number of hydrogen-bond donors (Lipinski definition) is 1. The van der Waals surface area contributed by atoms with Crippen molar-refractivity contribution in [3.05, 3.63) is 89.5 Å². The summed E-state index contributed by atoms with van der Waals surface area (Å²) in [6.45, 7) is 2.95. The van der Waals surface area contributed by atoms with Gasteiger partial charge < -0.3 is 20.1 Å². The van der Waals surface area contributed by atoms with Crippen molar-refractivity contribution in [1.29, 1.82) is 0 Å². The van der Waals surface area contributed by atoms with Gasteiger partial charge in [-0.3, -0.25) is 9.59 Å². The van der Waals surface area contributed by atoms with Gasteiger partial charge in [-0.1, -0.05) is 18.2 Å². The number of benzene rings is 3. The number of nitrogens with zero attached hydrogens (tertiary/aromatic N) is 1. The lowest BCUT2D eigenvalue weighted by Crippen LogP contribution is -2.26. The van der Waals surface area contributed by atoms with Crippen LogP contribution < -0.4 is 15.2 Å². The van der Waals surface area contributed by atoms with E-state index >= 15 is 0 Å². The van der Waals surface area contributed by atoms with Crippen molar-refractivity contribution in [2.75, 3.05) is 13.7 Å². The molecule has 0 aliphatic carbocycles. The third-order valence-corrected chi connectivity index (χ3v) is 4.50. The number of rotatable bonds is 8. The van der Waals surface area contributed by atoms with Crippen molar-refractivity contribution in [3.8, 4) is 17.2 Å². The highest BCUT2D eigenvalue weighted by atomic mass is 16.5. The van der Waals surface area contributed by atoms with E-state index in [0.29, 0.717) is 35.8 Å². The zero-order valence-corrected chi connectivity index (χ0v) is 17.0. The largest absolute Gasteiger partial charge is 0.494 e. The lowest BCUT2D eigenvalue weighted by atomic mass is 10.1. The molecule has 0 aromatic heterocycles. The molecule has 3 aromatic carbocycles. The number of hydrogen-bond acceptors (Lipinski definition) is 4. The molecule has 0 spiro atoms. The first kappa shape index (κ1) is 20.9. The van der Waals surface area contributed by atoms with Gasteiger partial charge >= 0.3 is 0 Å². The van der Waals surface area contributed by atoms with Gasteiger partial charge in [0.25, 0.3) is 5.91 Å². The molecule has 154 valence electrons. The molecule has 0 radical (unpaired) electrons. The number of para-hydroxylation sites is 1. The highest BCUT2D eigenvalue weighted by Gasteiger charge is 2.14. The SMILES string of the molecule is CCOc1ccccc1CN(C)C(=O)c1ccc(Oc2ccc(C(N)=O)cc2)cc1. The summed E-state index contributed by atoms with van der Waals surface area (Å²) in [7, 11) is 1.76. The summed E-state index contributed by atoms with van der Waals surface area (Å²) in [5, 5.41) is 0. The molecule has 2 amide bonds. The maximum Gasteiger partial charge on any atom is 0.253 e. The molecule has 0 heterocycles. The third kappa shape index (κ3) is 5.17. The van der Waals surface area contributed by atoms with E-state index in [1.807, 2.05) is 31.2 Å². The molecule has 0 saturated carbocycles. The standard InChI is InChI=1S/C24H24N2O4/c1-3-29-22-7-5-4-6-19(22)16-26(2)24(28)18-10-14-21(15-11-18)30-20-12-8-17(9-13-20)23(25)27/h4-15H,3,16H2,1-2H3,(H2,25,27). The van der Waals surface area contributed by atoms with Crippen molar-refractivity contribution in [1.82, 2.24) is 4.90 Å². The number of primary amides is 1. The monoisotopic (exact) mass is 404 g/mol. The number of carbonyl (C=O) groups excluding carboxylic acids is 2. The summed E-state index contributed by atoms with van der Waals surface area (Å²) >= 11 is 0. The van der Waals surface area contributed by atoms with E-state index in [9.17, 15) is 9.59 Å². The van der Waals surface area contributed by atoms with Gasteiger partial charge in [0.1, 0.15) is 17.2 Å². The van der Waals surface area contributed by atoms with E-state index in [1.54, 1.807) is 60.5 Å². The van der Waals surface area contributed by atoms with Gasteiger partial charge in [-0.05, 0) is 61.5 Å². The van der Waals surface area contributed by atoms with E-state index in [-0.39, 0.29) is 5.91 Å². The smallest absolute Gasteiger partial charge is 0.253 e. The Morgan fingerprint density at radius 2 is 1.43 bits per heavy atom. The van der Waals surface area contributed by atoms with Crippen LogP contribution in [0.4, 0.5) is 0 Å². The Bertz CT molecular complexity index is 1010. The van der Waals surface area contributed by atoms with Crippen LogP contribution in [0.15, 0.2) is 72.8 Å². The van der Waals surface area contributed by atoms with Gasteiger partial charge in [-0.2, -0.15) is 0 Å². The zero-order chi connectivity index (χ0) is 21.5. The van der Waals surface area contributed by atoms with Gasteiger partial charge in [-0.15, -0.1) is 0 Å². The molecule has 0 aliphatic rings. The first-order chi connectivity index (χ1) is 14.5. The first-order valence-electron chi connectivity index (χ1n) is 9.62. The fraction of sp³-hybridized carbons (Fsp3) is 0.167. The summed E-state index contributed by atoms with van der Waals surface area (Å²) in [4.78, 5) is 25.6. The second-order valence-corrected chi connectivity index (χ2v) is 6.72. The van der Waals surface area contributed by atoms with Crippen molar-refractivity contribution in [3.63, 3.8) is 0 Å². The predicted octanol–water partition coefficient (Wildman–Crippen LogP) is 4.25.